The largest absolute Gasteiger partial charge is 0.410 e. The van der Waals surface area contributed by atoms with Gasteiger partial charge in [0.15, 0.2) is 5.78 Å². The molecule has 2 aromatic heterocycles. The highest BCUT2D eigenvalue weighted by atomic mass is 32.2. The van der Waals surface area contributed by atoms with E-state index in [1.165, 1.54) is 47.1 Å². The lowest BCUT2D eigenvalue weighted by molar-refractivity contribution is 0.102. The van der Waals surface area contributed by atoms with Crippen molar-refractivity contribution >= 4 is 28.9 Å². The molecule has 0 N–H and O–H groups in total. The number of fused-ring (bicyclic) bond motifs is 1. The standard InChI is InChI=1S/C19H19N3O2S2/c1-11-17(26-12(2)20-11)18-21-22-19(24-18)25-10-16(23)15-8-7-13-5-3-4-6-14(13)9-15/h7-9H,3-6,10H2,1-2H3. The van der Waals surface area contributed by atoms with Crippen LogP contribution < -0.4 is 0 Å². The Labute approximate surface area is 160 Å². The van der Waals surface area contributed by atoms with Crippen LogP contribution in [-0.2, 0) is 12.8 Å². The number of thioether (sulfide) groups is 1. The van der Waals surface area contributed by atoms with Gasteiger partial charge >= 0.3 is 0 Å². The summed E-state index contributed by atoms with van der Waals surface area (Å²) in [5, 5.41) is 9.52. The molecule has 1 aromatic carbocycles. The number of carbonyl (C=O) groups is 1. The fourth-order valence-corrected chi connectivity index (χ4v) is 4.71. The number of ketones is 1. The quantitative estimate of drug-likeness (QED) is 0.470. The van der Waals surface area contributed by atoms with Crippen molar-refractivity contribution in [3.63, 3.8) is 0 Å². The number of hydrogen-bond acceptors (Lipinski definition) is 7. The average molecular weight is 386 g/mol. The minimum absolute atomic E-state index is 0.0907. The van der Waals surface area contributed by atoms with E-state index in [9.17, 15) is 4.79 Å². The summed E-state index contributed by atoms with van der Waals surface area (Å²) in [5.74, 6) is 0.853. The number of nitrogens with zero attached hydrogens (tertiary/aromatic N) is 3. The Morgan fingerprint density at radius 2 is 2.00 bits per heavy atom. The van der Waals surface area contributed by atoms with Gasteiger partial charge in [-0.3, -0.25) is 4.79 Å². The zero-order valence-electron chi connectivity index (χ0n) is 14.7. The second kappa shape index (κ2) is 7.32. The molecule has 0 atom stereocenters. The number of rotatable bonds is 5. The topological polar surface area (TPSA) is 68.9 Å². The van der Waals surface area contributed by atoms with Gasteiger partial charge < -0.3 is 4.42 Å². The minimum Gasteiger partial charge on any atom is -0.410 e. The van der Waals surface area contributed by atoms with Crippen molar-refractivity contribution in [1.82, 2.24) is 15.2 Å². The van der Waals surface area contributed by atoms with Crippen LogP contribution >= 0.6 is 23.1 Å². The van der Waals surface area contributed by atoms with Crippen LogP contribution in [0, 0.1) is 13.8 Å². The Morgan fingerprint density at radius 3 is 2.77 bits per heavy atom. The van der Waals surface area contributed by atoms with E-state index in [1.807, 2.05) is 19.9 Å². The molecular weight excluding hydrogens is 366 g/mol. The zero-order valence-corrected chi connectivity index (χ0v) is 16.4. The molecule has 0 bridgehead atoms. The van der Waals surface area contributed by atoms with E-state index in [-0.39, 0.29) is 5.78 Å². The maximum Gasteiger partial charge on any atom is 0.277 e. The summed E-state index contributed by atoms with van der Waals surface area (Å²) in [6.45, 7) is 3.87. The molecule has 0 amide bonds. The van der Waals surface area contributed by atoms with E-state index in [0.29, 0.717) is 16.9 Å². The average Bonchev–Trinajstić information content (AvgIpc) is 3.25. The highest BCUT2D eigenvalue weighted by molar-refractivity contribution is 7.99. The molecule has 26 heavy (non-hydrogen) atoms. The first kappa shape index (κ1) is 17.4. The fourth-order valence-electron chi connectivity index (χ4n) is 3.21. The van der Waals surface area contributed by atoms with Crippen molar-refractivity contribution in [3.05, 3.63) is 45.6 Å². The molecular formula is C19H19N3O2S2. The Balaban J connectivity index is 1.43. The van der Waals surface area contributed by atoms with Crippen LogP contribution in [0.5, 0.6) is 0 Å². The summed E-state index contributed by atoms with van der Waals surface area (Å²) in [7, 11) is 0. The first-order valence-corrected chi connectivity index (χ1v) is 10.5. The van der Waals surface area contributed by atoms with Crippen LogP contribution in [0.15, 0.2) is 27.8 Å². The summed E-state index contributed by atoms with van der Waals surface area (Å²) in [4.78, 5) is 17.8. The molecule has 0 saturated carbocycles. The first-order valence-electron chi connectivity index (χ1n) is 8.66. The third-order valence-corrected chi connectivity index (χ3v) is 6.38. The van der Waals surface area contributed by atoms with Crippen molar-refractivity contribution in [3.8, 4) is 10.8 Å². The van der Waals surface area contributed by atoms with E-state index < -0.39 is 0 Å². The van der Waals surface area contributed by atoms with Crippen LogP contribution in [0.4, 0.5) is 0 Å². The van der Waals surface area contributed by atoms with Crippen LogP contribution in [0.1, 0.15) is 45.0 Å². The summed E-state index contributed by atoms with van der Waals surface area (Å²) < 4.78 is 5.70. The molecule has 0 aliphatic heterocycles. The van der Waals surface area contributed by atoms with Crippen LogP contribution in [0.2, 0.25) is 0 Å². The van der Waals surface area contributed by atoms with Gasteiger partial charge in [0.05, 0.1) is 16.5 Å². The van der Waals surface area contributed by atoms with Crippen LogP contribution in [0.25, 0.3) is 10.8 Å². The zero-order chi connectivity index (χ0) is 18.1. The lowest BCUT2D eigenvalue weighted by atomic mass is 9.90. The van der Waals surface area contributed by atoms with Crippen molar-refractivity contribution in [2.24, 2.45) is 0 Å². The van der Waals surface area contributed by atoms with E-state index in [4.69, 9.17) is 4.42 Å². The van der Waals surface area contributed by atoms with Gasteiger partial charge in [0.25, 0.3) is 11.1 Å². The highest BCUT2D eigenvalue weighted by Crippen LogP contribution is 2.31. The first-order chi connectivity index (χ1) is 12.6. The maximum absolute atomic E-state index is 12.5. The van der Waals surface area contributed by atoms with Gasteiger partial charge in [-0.05, 0) is 56.7 Å². The predicted molar refractivity (Wildman–Crippen MR) is 103 cm³/mol. The Morgan fingerprint density at radius 1 is 1.19 bits per heavy atom. The van der Waals surface area contributed by atoms with Gasteiger partial charge in [0.2, 0.25) is 0 Å². The number of hydrogen-bond donors (Lipinski definition) is 0. The molecule has 0 saturated heterocycles. The lowest BCUT2D eigenvalue weighted by Gasteiger charge is -2.16. The molecule has 0 fully saturated rings. The fraction of sp³-hybridized carbons (Fsp3) is 0.368. The molecule has 0 radical (unpaired) electrons. The Bertz CT molecular complexity index is 962. The van der Waals surface area contributed by atoms with Crippen molar-refractivity contribution in [1.29, 1.82) is 0 Å². The molecule has 2 heterocycles. The van der Waals surface area contributed by atoms with Crippen molar-refractivity contribution < 1.29 is 9.21 Å². The van der Waals surface area contributed by atoms with Crippen LogP contribution in [0.3, 0.4) is 0 Å². The number of carbonyl (C=O) groups excluding carboxylic acids is 1. The minimum atomic E-state index is 0.0907. The molecule has 1 aliphatic carbocycles. The molecule has 5 nitrogen and oxygen atoms in total. The van der Waals surface area contributed by atoms with Gasteiger partial charge in [0.1, 0.15) is 4.88 Å². The van der Waals surface area contributed by atoms with E-state index in [0.717, 1.165) is 34.0 Å². The normalized spacial score (nSPS) is 13.6. The lowest BCUT2D eigenvalue weighted by Crippen LogP contribution is -2.07. The van der Waals surface area contributed by atoms with Gasteiger partial charge in [-0.25, -0.2) is 4.98 Å². The number of aromatic nitrogens is 3. The van der Waals surface area contributed by atoms with Crippen molar-refractivity contribution in [2.75, 3.05) is 5.75 Å². The predicted octanol–water partition coefficient (Wildman–Crippen LogP) is 4.66. The van der Waals surface area contributed by atoms with Gasteiger partial charge in [-0.1, -0.05) is 23.9 Å². The number of thiazole rings is 1. The molecule has 0 unspecified atom stereocenters. The summed E-state index contributed by atoms with van der Waals surface area (Å²) >= 11 is 2.81. The Hall–Kier alpha value is -1.99. The molecule has 4 rings (SSSR count). The number of Topliss-reactive ketones (excluding diaryl/α,β-unsaturated/α-hetero) is 1. The number of aryl methyl sites for hydroxylation is 4. The van der Waals surface area contributed by atoms with Gasteiger partial charge in [-0.15, -0.1) is 21.5 Å². The molecule has 3 aromatic rings. The van der Waals surface area contributed by atoms with Gasteiger partial charge in [-0.2, -0.15) is 0 Å². The summed E-state index contributed by atoms with van der Waals surface area (Å²) in [6, 6.07) is 6.10. The smallest absolute Gasteiger partial charge is 0.277 e. The molecule has 0 spiro atoms. The highest BCUT2D eigenvalue weighted by Gasteiger charge is 2.17. The third kappa shape index (κ3) is 3.59. The van der Waals surface area contributed by atoms with E-state index in [1.54, 1.807) is 0 Å². The SMILES string of the molecule is Cc1nc(C)c(-c2nnc(SCC(=O)c3ccc4c(c3)CCCC4)o2)s1. The third-order valence-electron chi connectivity index (χ3n) is 4.50. The van der Waals surface area contributed by atoms with Crippen LogP contribution in [-0.4, -0.2) is 26.7 Å². The maximum atomic E-state index is 12.5. The molecule has 1 aliphatic rings. The molecule has 134 valence electrons. The van der Waals surface area contributed by atoms with Gasteiger partial charge in [0, 0.05) is 5.56 Å². The molecule has 7 heteroatoms. The van der Waals surface area contributed by atoms with E-state index >= 15 is 0 Å². The summed E-state index contributed by atoms with van der Waals surface area (Å²) in [5.41, 5.74) is 4.37. The second-order valence-corrected chi connectivity index (χ2v) is 8.55. The van der Waals surface area contributed by atoms with Crippen molar-refractivity contribution in [2.45, 2.75) is 44.8 Å². The monoisotopic (exact) mass is 385 g/mol. The second-order valence-electron chi connectivity index (χ2n) is 6.42. The Kier molecular flexibility index (Phi) is 4.91. The summed E-state index contributed by atoms with van der Waals surface area (Å²) in [6.07, 6.45) is 4.65. The van der Waals surface area contributed by atoms with E-state index in [2.05, 4.69) is 27.3 Å². The number of benzene rings is 1.